The van der Waals surface area contributed by atoms with Crippen LogP contribution < -0.4 is 5.11 Å². The number of benzene rings is 1. The summed E-state index contributed by atoms with van der Waals surface area (Å²) in [4.78, 5) is 27.6. The fraction of sp³-hybridized carbons (Fsp3) is 0.474. The van der Waals surface area contributed by atoms with E-state index in [0.717, 1.165) is 36.6 Å². The highest BCUT2D eigenvalue weighted by atomic mass is 16.4. The second-order valence-corrected chi connectivity index (χ2v) is 6.07. The van der Waals surface area contributed by atoms with Gasteiger partial charge >= 0.3 is 0 Å². The summed E-state index contributed by atoms with van der Waals surface area (Å²) < 4.78 is 0. The Bertz CT molecular complexity index is 674. The highest BCUT2D eigenvalue weighted by Crippen LogP contribution is 2.28. The van der Waals surface area contributed by atoms with E-state index in [2.05, 4.69) is 11.9 Å². The molecular weight excluding hydrogens is 290 g/mol. The molecule has 1 aromatic heterocycles. The quantitative estimate of drug-likeness (QED) is 0.438. The van der Waals surface area contributed by atoms with E-state index in [9.17, 15) is 14.7 Å². The Morgan fingerprint density at radius 3 is 2.57 bits per heavy atom. The normalized spacial score (nSPS) is 13.8. The maximum atomic E-state index is 12.9. The van der Waals surface area contributed by atoms with E-state index in [0.29, 0.717) is 12.0 Å². The summed E-state index contributed by atoms with van der Waals surface area (Å²) >= 11 is 0. The van der Waals surface area contributed by atoms with Crippen LogP contribution in [0.15, 0.2) is 30.5 Å². The number of carbonyl (C=O) groups excluding carboxylic acids is 2. The largest absolute Gasteiger partial charge is 0.549 e. The van der Waals surface area contributed by atoms with Gasteiger partial charge in [-0.1, -0.05) is 57.7 Å². The van der Waals surface area contributed by atoms with E-state index in [1.54, 1.807) is 6.20 Å². The van der Waals surface area contributed by atoms with Gasteiger partial charge in [0.25, 0.3) is 0 Å². The Kier molecular flexibility index (Phi) is 5.97. The lowest BCUT2D eigenvalue weighted by molar-refractivity contribution is -0.310. The zero-order valence-corrected chi connectivity index (χ0v) is 13.8. The Balaban J connectivity index is 2.29. The molecular formula is C19H24NO3-. The maximum Gasteiger partial charge on any atom is 0.173 e. The van der Waals surface area contributed by atoms with Crippen molar-refractivity contribution in [1.82, 2.24) is 4.98 Å². The van der Waals surface area contributed by atoms with Crippen molar-refractivity contribution in [3.63, 3.8) is 0 Å². The third-order valence-electron chi connectivity index (χ3n) is 4.57. The summed E-state index contributed by atoms with van der Waals surface area (Å²) in [6.07, 6.45) is 6.09. The molecule has 0 fully saturated rings. The molecule has 1 aromatic carbocycles. The highest BCUT2D eigenvalue weighted by molar-refractivity contribution is 6.14. The van der Waals surface area contributed by atoms with Gasteiger partial charge in [-0.3, -0.25) is 4.79 Å². The SMILES string of the molecule is CCCCCC(CC)C(C(=O)[O-])C(=O)c1c[nH]c2ccccc12. The number of aromatic amines is 1. The number of para-hydroxylation sites is 1. The number of hydrogen-bond acceptors (Lipinski definition) is 3. The number of unbranched alkanes of at least 4 members (excludes halogenated alkanes) is 2. The second kappa shape index (κ2) is 7.95. The molecule has 4 nitrogen and oxygen atoms in total. The average Bonchev–Trinajstić information content (AvgIpc) is 2.97. The van der Waals surface area contributed by atoms with Crippen molar-refractivity contribution < 1.29 is 14.7 Å². The van der Waals surface area contributed by atoms with Crippen molar-refractivity contribution in [3.8, 4) is 0 Å². The Morgan fingerprint density at radius 2 is 1.91 bits per heavy atom. The lowest BCUT2D eigenvalue weighted by Crippen LogP contribution is -2.41. The minimum Gasteiger partial charge on any atom is -0.549 e. The van der Waals surface area contributed by atoms with Crippen LogP contribution >= 0.6 is 0 Å². The first-order chi connectivity index (χ1) is 11.1. The predicted molar refractivity (Wildman–Crippen MR) is 89.0 cm³/mol. The fourth-order valence-electron chi connectivity index (χ4n) is 3.22. The molecule has 1 heterocycles. The number of hydrogen-bond donors (Lipinski definition) is 1. The van der Waals surface area contributed by atoms with E-state index < -0.39 is 11.9 Å². The molecule has 0 aliphatic heterocycles. The Labute approximate surface area is 136 Å². The number of aliphatic carboxylic acids is 1. The highest BCUT2D eigenvalue weighted by Gasteiger charge is 2.30. The fourth-order valence-corrected chi connectivity index (χ4v) is 3.22. The summed E-state index contributed by atoms with van der Waals surface area (Å²) in [5.74, 6) is -2.85. The number of carbonyl (C=O) groups is 2. The molecule has 0 saturated heterocycles. The van der Waals surface area contributed by atoms with Crippen molar-refractivity contribution in [2.45, 2.75) is 46.0 Å². The molecule has 0 aliphatic carbocycles. The summed E-state index contributed by atoms with van der Waals surface area (Å²) in [7, 11) is 0. The number of carboxylic acid groups (broad SMARTS) is 1. The molecule has 0 bridgehead atoms. The molecule has 2 aromatic rings. The topological polar surface area (TPSA) is 73.0 Å². The predicted octanol–water partition coefficient (Wildman–Crippen LogP) is 3.32. The molecule has 0 spiro atoms. The van der Waals surface area contributed by atoms with Crippen molar-refractivity contribution in [1.29, 1.82) is 0 Å². The molecule has 2 rings (SSSR count). The van der Waals surface area contributed by atoms with E-state index in [1.807, 2.05) is 31.2 Å². The van der Waals surface area contributed by atoms with Crippen LogP contribution in [0, 0.1) is 11.8 Å². The molecule has 23 heavy (non-hydrogen) atoms. The second-order valence-electron chi connectivity index (χ2n) is 6.07. The standard InChI is InChI=1S/C19H25NO3/c1-3-5-6-9-13(4-2)17(19(22)23)18(21)15-12-20-16-11-8-7-10-14(15)16/h7-8,10-13,17,20H,3-6,9H2,1-2H3,(H,22,23)/p-1. The van der Waals surface area contributed by atoms with Crippen LogP contribution in [0.5, 0.6) is 0 Å². The number of rotatable bonds is 9. The van der Waals surface area contributed by atoms with Crippen LogP contribution in [0.3, 0.4) is 0 Å². The number of fused-ring (bicyclic) bond motifs is 1. The zero-order valence-electron chi connectivity index (χ0n) is 13.8. The first kappa shape index (κ1) is 17.3. The number of carboxylic acids is 1. The van der Waals surface area contributed by atoms with Gasteiger partial charge in [-0.25, -0.2) is 0 Å². The van der Waals surface area contributed by atoms with Crippen molar-refractivity contribution in [2.75, 3.05) is 0 Å². The molecule has 0 amide bonds. The van der Waals surface area contributed by atoms with Gasteiger partial charge in [-0.2, -0.15) is 0 Å². The molecule has 2 atom stereocenters. The van der Waals surface area contributed by atoms with Crippen LogP contribution in [0.25, 0.3) is 10.9 Å². The maximum absolute atomic E-state index is 12.9. The summed E-state index contributed by atoms with van der Waals surface area (Å²) in [6, 6.07) is 7.44. The van der Waals surface area contributed by atoms with Crippen molar-refractivity contribution in [2.24, 2.45) is 11.8 Å². The molecule has 4 heteroatoms. The molecule has 0 saturated carbocycles. The smallest absolute Gasteiger partial charge is 0.173 e. The van der Waals surface area contributed by atoms with Gasteiger partial charge in [0.15, 0.2) is 5.78 Å². The minimum atomic E-state index is -1.26. The number of nitrogens with one attached hydrogen (secondary N) is 1. The van der Waals surface area contributed by atoms with Gasteiger partial charge in [0.05, 0.1) is 11.9 Å². The van der Waals surface area contributed by atoms with Crippen LogP contribution in [-0.2, 0) is 4.79 Å². The lowest BCUT2D eigenvalue weighted by Gasteiger charge is -2.26. The molecule has 2 unspecified atom stereocenters. The van der Waals surface area contributed by atoms with Crippen LogP contribution in [0.2, 0.25) is 0 Å². The number of aromatic nitrogens is 1. The molecule has 1 N–H and O–H groups in total. The van der Waals surface area contributed by atoms with Crippen molar-refractivity contribution >= 4 is 22.7 Å². The van der Waals surface area contributed by atoms with Crippen LogP contribution in [0.4, 0.5) is 0 Å². The van der Waals surface area contributed by atoms with E-state index in [1.165, 1.54) is 0 Å². The van der Waals surface area contributed by atoms with Gasteiger partial charge in [0, 0.05) is 22.7 Å². The average molecular weight is 314 g/mol. The third-order valence-corrected chi connectivity index (χ3v) is 4.57. The van der Waals surface area contributed by atoms with Crippen LogP contribution in [-0.4, -0.2) is 16.7 Å². The van der Waals surface area contributed by atoms with E-state index in [4.69, 9.17) is 0 Å². The number of Topliss-reactive ketones (excluding diaryl/α,β-unsaturated/α-hetero) is 1. The van der Waals surface area contributed by atoms with Gasteiger partial charge in [0.1, 0.15) is 0 Å². The van der Waals surface area contributed by atoms with Crippen molar-refractivity contribution in [3.05, 3.63) is 36.0 Å². The number of H-pyrrole nitrogens is 1. The number of ketones is 1. The van der Waals surface area contributed by atoms with E-state index >= 15 is 0 Å². The summed E-state index contributed by atoms with van der Waals surface area (Å²) in [5, 5.41) is 12.4. The monoisotopic (exact) mass is 314 g/mol. The third kappa shape index (κ3) is 3.81. The Morgan fingerprint density at radius 1 is 1.17 bits per heavy atom. The molecule has 124 valence electrons. The molecule has 0 radical (unpaired) electrons. The first-order valence-electron chi connectivity index (χ1n) is 8.41. The summed E-state index contributed by atoms with van der Waals surface area (Å²) in [6.45, 7) is 4.04. The lowest BCUT2D eigenvalue weighted by atomic mass is 9.81. The minimum absolute atomic E-state index is 0.173. The van der Waals surface area contributed by atoms with Gasteiger partial charge in [-0.15, -0.1) is 0 Å². The van der Waals surface area contributed by atoms with E-state index in [-0.39, 0.29) is 11.7 Å². The first-order valence-corrected chi connectivity index (χ1v) is 8.41. The van der Waals surface area contributed by atoms with Crippen LogP contribution in [0.1, 0.15) is 56.3 Å². The summed E-state index contributed by atoms with van der Waals surface area (Å²) in [5.41, 5.74) is 1.29. The van der Waals surface area contributed by atoms with Gasteiger partial charge < -0.3 is 14.9 Å². The zero-order chi connectivity index (χ0) is 16.8. The van der Waals surface area contributed by atoms with Gasteiger partial charge in [0.2, 0.25) is 0 Å². The molecule has 0 aliphatic rings. The Hall–Kier alpha value is -2.10. The van der Waals surface area contributed by atoms with Gasteiger partial charge in [-0.05, 0) is 18.4 Å².